The highest BCUT2D eigenvalue weighted by molar-refractivity contribution is 7.17. The maximum atomic E-state index is 12.3. The zero-order valence-corrected chi connectivity index (χ0v) is 15.0. The van der Waals surface area contributed by atoms with Crippen molar-refractivity contribution in [2.24, 2.45) is 11.7 Å². The molecule has 1 aromatic carbocycles. The van der Waals surface area contributed by atoms with E-state index in [1.165, 1.54) is 22.6 Å². The summed E-state index contributed by atoms with van der Waals surface area (Å²) in [5, 5.41) is 6.70. The summed E-state index contributed by atoms with van der Waals surface area (Å²) in [6, 6.07) is 6.44. The Balaban J connectivity index is 1.58. The van der Waals surface area contributed by atoms with Gasteiger partial charge in [0.15, 0.2) is 0 Å². The number of thiophene rings is 1. The Labute approximate surface area is 154 Å². The molecule has 3 amide bonds. The lowest BCUT2D eigenvalue weighted by Gasteiger charge is -2.19. The van der Waals surface area contributed by atoms with Gasteiger partial charge in [0.1, 0.15) is 5.00 Å². The minimum Gasteiger partial charge on any atom is -0.365 e. The highest BCUT2D eigenvalue weighted by Crippen LogP contribution is 2.52. The van der Waals surface area contributed by atoms with Crippen molar-refractivity contribution >= 4 is 45.6 Å². The van der Waals surface area contributed by atoms with E-state index in [2.05, 4.69) is 10.6 Å². The second kappa shape index (κ2) is 6.35. The fourth-order valence-electron chi connectivity index (χ4n) is 3.99. The number of carbonyl (C=O) groups is 2. The van der Waals surface area contributed by atoms with Crippen molar-refractivity contribution in [2.75, 3.05) is 10.6 Å². The fourth-order valence-corrected chi connectivity index (χ4v) is 5.52. The molecule has 1 heterocycles. The summed E-state index contributed by atoms with van der Waals surface area (Å²) < 4.78 is 0. The summed E-state index contributed by atoms with van der Waals surface area (Å²) in [5.74, 6) is 0.639. The third-order valence-electron chi connectivity index (χ3n) is 5.02. The molecule has 0 saturated heterocycles. The molecule has 130 valence electrons. The fraction of sp³-hybridized carbons (Fsp3) is 0.333. The molecule has 2 aromatic rings. The van der Waals surface area contributed by atoms with E-state index in [4.69, 9.17) is 17.3 Å². The normalized spacial score (nSPS) is 20.8. The molecule has 1 fully saturated rings. The van der Waals surface area contributed by atoms with Crippen LogP contribution in [0.3, 0.4) is 0 Å². The van der Waals surface area contributed by atoms with Crippen LogP contribution in [0, 0.1) is 5.92 Å². The van der Waals surface area contributed by atoms with Gasteiger partial charge >= 0.3 is 6.03 Å². The van der Waals surface area contributed by atoms with E-state index in [1.54, 1.807) is 24.3 Å². The van der Waals surface area contributed by atoms with Crippen LogP contribution in [0.5, 0.6) is 0 Å². The number of nitrogens with one attached hydrogen (secondary N) is 2. The van der Waals surface area contributed by atoms with Gasteiger partial charge < -0.3 is 11.1 Å². The molecule has 7 heteroatoms. The molecule has 25 heavy (non-hydrogen) atoms. The Morgan fingerprint density at radius 1 is 1.16 bits per heavy atom. The summed E-state index contributed by atoms with van der Waals surface area (Å²) in [6.07, 6.45) is 4.42. The Kier molecular flexibility index (Phi) is 4.17. The van der Waals surface area contributed by atoms with Crippen LogP contribution in [0.25, 0.3) is 0 Å². The van der Waals surface area contributed by atoms with Gasteiger partial charge in [0.05, 0.1) is 5.56 Å². The number of carbonyl (C=O) groups excluding carboxylic acids is 2. The summed E-state index contributed by atoms with van der Waals surface area (Å²) in [4.78, 5) is 25.6. The first-order chi connectivity index (χ1) is 12.0. The molecule has 2 aliphatic rings. The number of halogens is 1. The number of benzene rings is 1. The zero-order valence-electron chi connectivity index (χ0n) is 13.5. The average molecular weight is 376 g/mol. The summed E-state index contributed by atoms with van der Waals surface area (Å²) >= 11 is 7.33. The van der Waals surface area contributed by atoms with Crippen LogP contribution in [-0.4, -0.2) is 11.9 Å². The third-order valence-corrected chi connectivity index (χ3v) is 6.42. The highest BCUT2D eigenvalue weighted by atomic mass is 35.5. The molecule has 2 bridgehead atoms. The highest BCUT2D eigenvalue weighted by Gasteiger charge is 2.38. The molecule has 4 N–H and O–H groups in total. The van der Waals surface area contributed by atoms with E-state index in [1.807, 2.05) is 0 Å². The molecule has 0 aliphatic heterocycles. The first-order valence-electron chi connectivity index (χ1n) is 8.30. The van der Waals surface area contributed by atoms with Crippen molar-refractivity contribution in [3.05, 3.63) is 45.3 Å². The van der Waals surface area contributed by atoms with Crippen LogP contribution >= 0.6 is 22.9 Å². The van der Waals surface area contributed by atoms with Crippen molar-refractivity contribution in [2.45, 2.75) is 31.6 Å². The predicted octanol–water partition coefficient (Wildman–Crippen LogP) is 4.58. The Morgan fingerprint density at radius 2 is 1.92 bits per heavy atom. The number of urea groups is 1. The maximum Gasteiger partial charge on any atom is 0.324 e. The second-order valence-corrected chi connectivity index (χ2v) is 8.22. The number of primary amides is 1. The maximum absolute atomic E-state index is 12.3. The van der Waals surface area contributed by atoms with E-state index < -0.39 is 11.9 Å². The summed E-state index contributed by atoms with van der Waals surface area (Å²) in [7, 11) is 0. The number of nitrogens with two attached hydrogens (primary N) is 1. The molecular formula is C18H18ClN3O2S. The quantitative estimate of drug-likeness (QED) is 0.733. The first-order valence-corrected chi connectivity index (χ1v) is 9.49. The molecule has 0 radical (unpaired) electrons. The Morgan fingerprint density at radius 3 is 2.64 bits per heavy atom. The van der Waals surface area contributed by atoms with E-state index in [0.29, 0.717) is 33.1 Å². The second-order valence-electron chi connectivity index (χ2n) is 6.67. The minimum absolute atomic E-state index is 0.395. The molecular weight excluding hydrogens is 358 g/mol. The van der Waals surface area contributed by atoms with Crippen LogP contribution in [0.15, 0.2) is 24.3 Å². The third kappa shape index (κ3) is 3.12. The number of rotatable bonds is 3. The lowest BCUT2D eigenvalue weighted by molar-refractivity contribution is 0.1000. The number of hydrogen-bond acceptors (Lipinski definition) is 3. The largest absolute Gasteiger partial charge is 0.365 e. The summed E-state index contributed by atoms with van der Waals surface area (Å²) in [6.45, 7) is 0. The van der Waals surface area contributed by atoms with Crippen molar-refractivity contribution in [3.8, 4) is 0 Å². The summed E-state index contributed by atoms with van der Waals surface area (Å²) in [5.41, 5.74) is 7.84. The standard InChI is InChI=1S/C18H18ClN3O2S/c19-11-3-5-12(6-4-11)21-18(24)22-17-15(16(20)23)14-10-2-1-9(7-10)8-13(14)25-17/h3-6,9-10H,1-2,7-8H2,(H2,20,23)(H2,21,22,24). The van der Waals surface area contributed by atoms with Gasteiger partial charge in [-0.25, -0.2) is 4.79 Å². The smallest absolute Gasteiger partial charge is 0.324 e. The lowest BCUT2D eigenvalue weighted by Crippen LogP contribution is -2.22. The van der Waals surface area contributed by atoms with Gasteiger partial charge in [-0.1, -0.05) is 11.6 Å². The van der Waals surface area contributed by atoms with Gasteiger partial charge in [0.2, 0.25) is 0 Å². The molecule has 1 aromatic heterocycles. The van der Waals surface area contributed by atoms with Gasteiger partial charge in [-0.05, 0) is 67.3 Å². The van der Waals surface area contributed by atoms with Crippen molar-refractivity contribution in [1.29, 1.82) is 0 Å². The topological polar surface area (TPSA) is 84.2 Å². The lowest BCUT2D eigenvalue weighted by atomic mass is 9.85. The molecule has 1 saturated carbocycles. The number of hydrogen-bond donors (Lipinski definition) is 3. The van der Waals surface area contributed by atoms with Gasteiger partial charge in [-0.15, -0.1) is 11.3 Å². The van der Waals surface area contributed by atoms with E-state index in [-0.39, 0.29) is 0 Å². The predicted molar refractivity (Wildman–Crippen MR) is 101 cm³/mol. The molecule has 2 atom stereocenters. The van der Waals surface area contributed by atoms with Gasteiger partial charge in [0.25, 0.3) is 5.91 Å². The monoisotopic (exact) mass is 375 g/mol. The Bertz CT molecular complexity index is 847. The van der Waals surface area contributed by atoms with Gasteiger partial charge in [-0.3, -0.25) is 10.1 Å². The van der Waals surface area contributed by atoms with Crippen molar-refractivity contribution in [1.82, 2.24) is 0 Å². The molecule has 0 spiro atoms. The number of anilines is 2. The molecule has 4 rings (SSSR count). The number of amides is 3. The first kappa shape index (κ1) is 16.4. The molecule has 5 nitrogen and oxygen atoms in total. The van der Waals surface area contributed by atoms with E-state index in [0.717, 1.165) is 24.8 Å². The molecule has 2 unspecified atom stereocenters. The van der Waals surface area contributed by atoms with Crippen LogP contribution in [0.4, 0.5) is 15.5 Å². The van der Waals surface area contributed by atoms with Crippen molar-refractivity contribution in [3.63, 3.8) is 0 Å². The van der Waals surface area contributed by atoms with Crippen LogP contribution in [0.1, 0.15) is 46.0 Å². The Hall–Kier alpha value is -2.05. The van der Waals surface area contributed by atoms with Gasteiger partial charge in [-0.2, -0.15) is 0 Å². The van der Waals surface area contributed by atoms with E-state index in [9.17, 15) is 9.59 Å². The van der Waals surface area contributed by atoms with Crippen LogP contribution in [0.2, 0.25) is 5.02 Å². The zero-order chi connectivity index (χ0) is 17.6. The van der Waals surface area contributed by atoms with Gasteiger partial charge in [0, 0.05) is 15.6 Å². The van der Waals surface area contributed by atoms with Crippen molar-refractivity contribution < 1.29 is 9.59 Å². The molecule has 2 aliphatic carbocycles. The SMILES string of the molecule is NC(=O)c1c(NC(=O)Nc2ccc(Cl)cc2)sc2c1C1CCC(C2)C1. The van der Waals surface area contributed by atoms with Crippen LogP contribution in [-0.2, 0) is 6.42 Å². The average Bonchev–Trinajstić information content (AvgIpc) is 3.11. The minimum atomic E-state index is -0.468. The van der Waals surface area contributed by atoms with E-state index >= 15 is 0 Å². The number of fused-ring (bicyclic) bond motifs is 4. The van der Waals surface area contributed by atoms with Crippen LogP contribution < -0.4 is 16.4 Å².